The van der Waals surface area contributed by atoms with E-state index in [0.29, 0.717) is 5.92 Å². The van der Waals surface area contributed by atoms with Gasteiger partial charge in [-0.3, -0.25) is 0 Å². The molecule has 0 atom stereocenters. The van der Waals surface area contributed by atoms with Crippen molar-refractivity contribution in [1.29, 1.82) is 0 Å². The highest BCUT2D eigenvalue weighted by Crippen LogP contribution is 2.50. The first-order valence-electron chi connectivity index (χ1n) is 8.32. The number of rotatable bonds is 4. The minimum Gasteiger partial charge on any atom is -0.493 e. The highest BCUT2D eigenvalue weighted by Gasteiger charge is 2.44. The van der Waals surface area contributed by atoms with Crippen molar-refractivity contribution < 1.29 is 9.47 Å². The Morgan fingerprint density at radius 1 is 1.14 bits per heavy atom. The van der Waals surface area contributed by atoms with Crippen molar-refractivity contribution in [2.24, 2.45) is 5.92 Å². The van der Waals surface area contributed by atoms with Crippen LogP contribution >= 0.6 is 0 Å². The van der Waals surface area contributed by atoms with Gasteiger partial charge in [0.15, 0.2) is 11.5 Å². The first kappa shape index (κ1) is 15.5. The first-order valence-corrected chi connectivity index (χ1v) is 8.32. The van der Waals surface area contributed by atoms with Crippen LogP contribution in [0.25, 0.3) is 0 Å². The maximum absolute atomic E-state index is 5.55. The molecule has 122 valence electrons. The van der Waals surface area contributed by atoms with E-state index in [4.69, 9.17) is 9.47 Å². The Kier molecular flexibility index (Phi) is 4.22. The number of nitrogens with zero attached hydrogens (tertiary/aromatic N) is 1. The Hall–Kier alpha value is -1.42. The molecule has 4 heteroatoms. The lowest BCUT2D eigenvalue weighted by Crippen LogP contribution is -2.43. The molecule has 22 heavy (non-hydrogen) atoms. The second-order valence-electron chi connectivity index (χ2n) is 7.03. The van der Waals surface area contributed by atoms with Gasteiger partial charge in [-0.05, 0) is 43.5 Å². The zero-order valence-corrected chi connectivity index (χ0v) is 14.2. The van der Waals surface area contributed by atoms with Gasteiger partial charge in [0.25, 0.3) is 0 Å². The van der Waals surface area contributed by atoms with E-state index in [9.17, 15) is 0 Å². The van der Waals surface area contributed by atoms with Gasteiger partial charge in [-0.1, -0.05) is 13.8 Å². The third-order valence-electron chi connectivity index (χ3n) is 5.05. The van der Waals surface area contributed by atoms with E-state index in [2.05, 4.69) is 36.2 Å². The lowest BCUT2D eigenvalue weighted by atomic mass is 9.74. The quantitative estimate of drug-likeness (QED) is 0.927. The molecular weight excluding hydrogens is 276 g/mol. The second-order valence-corrected chi connectivity index (χ2v) is 7.03. The monoisotopic (exact) mass is 304 g/mol. The van der Waals surface area contributed by atoms with Crippen LogP contribution in [0, 0.1) is 5.92 Å². The zero-order chi connectivity index (χ0) is 15.7. The number of hydrogen-bond acceptors (Lipinski definition) is 4. The van der Waals surface area contributed by atoms with Gasteiger partial charge in [-0.15, -0.1) is 0 Å². The fourth-order valence-corrected chi connectivity index (χ4v) is 4.03. The molecule has 1 N–H and O–H groups in total. The van der Waals surface area contributed by atoms with Gasteiger partial charge in [0.2, 0.25) is 0 Å². The molecule has 0 aromatic heterocycles. The van der Waals surface area contributed by atoms with Gasteiger partial charge in [0, 0.05) is 30.3 Å². The fraction of sp³-hybridized carbons (Fsp3) is 0.667. The van der Waals surface area contributed by atoms with Gasteiger partial charge >= 0.3 is 0 Å². The number of methoxy groups -OCH3 is 2. The summed E-state index contributed by atoms with van der Waals surface area (Å²) in [6.07, 6.45) is 2.40. The van der Waals surface area contributed by atoms with Crippen LogP contribution in [0.4, 0.5) is 5.69 Å². The standard InChI is InChI=1S/C18H28N2O2/c1-13(2)11-20-12-18(5-7-19-8-6-18)14-9-16(21-3)17(22-4)10-15(14)20/h9-10,13,19H,5-8,11-12H2,1-4H3. The molecule has 1 spiro atoms. The SMILES string of the molecule is COc1cc2c(cc1OC)C1(CCNCC1)CN2CC(C)C. The van der Waals surface area contributed by atoms with Crippen LogP contribution in [0.5, 0.6) is 11.5 Å². The molecule has 1 aromatic rings. The normalized spacial score (nSPS) is 19.6. The molecule has 1 saturated heterocycles. The van der Waals surface area contributed by atoms with Crippen molar-refractivity contribution in [2.45, 2.75) is 32.1 Å². The largest absolute Gasteiger partial charge is 0.493 e. The summed E-state index contributed by atoms with van der Waals surface area (Å²) < 4.78 is 11.1. The Bertz CT molecular complexity index is 536. The molecule has 3 rings (SSSR count). The molecule has 0 amide bonds. The van der Waals surface area contributed by atoms with Crippen LogP contribution in [0.3, 0.4) is 0 Å². The van der Waals surface area contributed by atoms with Crippen molar-refractivity contribution in [3.8, 4) is 11.5 Å². The van der Waals surface area contributed by atoms with Gasteiger partial charge < -0.3 is 19.7 Å². The lowest BCUT2D eigenvalue weighted by molar-refractivity contribution is 0.320. The highest BCUT2D eigenvalue weighted by atomic mass is 16.5. The summed E-state index contributed by atoms with van der Waals surface area (Å²) in [6.45, 7) is 8.99. The Balaban J connectivity index is 2.06. The summed E-state index contributed by atoms with van der Waals surface area (Å²) in [5.74, 6) is 2.34. The molecule has 1 aromatic carbocycles. The Morgan fingerprint density at radius 2 is 1.77 bits per heavy atom. The molecule has 0 aliphatic carbocycles. The highest BCUT2D eigenvalue weighted by molar-refractivity contribution is 5.68. The molecule has 0 bridgehead atoms. The number of ether oxygens (including phenoxy) is 2. The van der Waals surface area contributed by atoms with Crippen LogP contribution in [0.15, 0.2) is 12.1 Å². The molecule has 2 aliphatic heterocycles. The maximum Gasteiger partial charge on any atom is 0.162 e. The molecule has 0 unspecified atom stereocenters. The predicted molar refractivity (Wildman–Crippen MR) is 90.4 cm³/mol. The minimum atomic E-state index is 0.273. The molecule has 2 aliphatic rings. The number of benzene rings is 1. The van der Waals surface area contributed by atoms with Crippen LogP contribution in [0.1, 0.15) is 32.3 Å². The Morgan fingerprint density at radius 3 is 2.36 bits per heavy atom. The van der Waals surface area contributed by atoms with Crippen molar-refractivity contribution in [1.82, 2.24) is 5.32 Å². The third kappa shape index (κ3) is 2.54. The van der Waals surface area contributed by atoms with Crippen molar-refractivity contribution in [3.05, 3.63) is 17.7 Å². The predicted octanol–water partition coefficient (Wildman–Crippen LogP) is 2.80. The van der Waals surface area contributed by atoms with Gasteiger partial charge in [0.1, 0.15) is 0 Å². The number of piperidine rings is 1. The summed E-state index contributed by atoms with van der Waals surface area (Å²) in [7, 11) is 3.44. The van der Waals surface area contributed by atoms with Crippen molar-refractivity contribution in [2.75, 3.05) is 45.3 Å². The molecular formula is C18H28N2O2. The van der Waals surface area contributed by atoms with Crippen LogP contribution in [-0.2, 0) is 5.41 Å². The molecule has 1 fully saturated rings. The van der Waals surface area contributed by atoms with E-state index in [-0.39, 0.29) is 5.41 Å². The first-order chi connectivity index (χ1) is 10.6. The van der Waals surface area contributed by atoms with Crippen molar-refractivity contribution in [3.63, 3.8) is 0 Å². The van der Waals surface area contributed by atoms with E-state index in [1.165, 1.54) is 24.1 Å². The van der Waals surface area contributed by atoms with Crippen molar-refractivity contribution >= 4 is 5.69 Å². The number of anilines is 1. The van der Waals surface area contributed by atoms with Gasteiger partial charge in [-0.25, -0.2) is 0 Å². The molecule has 4 nitrogen and oxygen atoms in total. The number of fused-ring (bicyclic) bond motifs is 2. The second kappa shape index (κ2) is 5.99. The topological polar surface area (TPSA) is 33.7 Å². The zero-order valence-electron chi connectivity index (χ0n) is 14.2. The summed E-state index contributed by atoms with van der Waals surface area (Å²) >= 11 is 0. The molecule has 0 saturated carbocycles. The van der Waals surface area contributed by atoms with Gasteiger partial charge in [0.05, 0.1) is 14.2 Å². The van der Waals surface area contributed by atoms with Crippen LogP contribution in [0.2, 0.25) is 0 Å². The third-order valence-corrected chi connectivity index (χ3v) is 5.05. The maximum atomic E-state index is 5.55. The number of hydrogen-bond donors (Lipinski definition) is 1. The van der Waals surface area contributed by atoms with E-state index >= 15 is 0 Å². The van der Waals surface area contributed by atoms with Gasteiger partial charge in [-0.2, -0.15) is 0 Å². The summed E-state index contributed by atoms with van der Waals surface area (Å²) in [5.41, 5.74) is 3.07. The summed E-state index contributed by atoms with van der Waals surface area (Å²) in [4.78, 5) is 2.55. The van der Waals surface area contributed by atoms with E-state index in [1.54, 1.807) is 14.2 Å². The molecule has 0 radical (unpaired) electrons. The summed E-state index contributed by atoms with van der Waals surface area (Å²) in [5, 5.41) is 3.50. The summed E-state index contributed by atoms with van der Waals surface area (Å²) in [6, 6.07) is 4.40. The molecule has 2 heterocycles. The average molecular weight is 304 g/mol. The Labute approximate surface area is 133 Å². The van der Waals surface area contributed by atoms with Crippen LogP contribution in [-0.4, -0.2) is 40.4 Å². The minimum absolute atomic E-state index is 0.273. The van der Waals surface area contributed by atoms with E-state index in [0.717, 1.165) is 37.7 Å². The van der Waals surface area contributed by atoms with E-state index < -0.39 is 0 Å². The number of nitrogens with one attached hydrogen (secondary N) is 1. The average Bonchev–Trinajstić information content (AvgIpc) is 2.79. The smallest absolute Gasteiger partial charge is 0.162 e. The van der Waals surface area contributed by atoms with E-state index in [1.807, 2.05) is 0 Å². The lowest BCUT2D eigenvalue weighted by Gasteiger charge is -2.35. The fourth-order valence-electron chi connectivity index (χ4n) is 4.03. The van der Waals surface area contributed by atoms with Crippen LogP contribution < -0.4 is 19.7 Å².